The van der Waals surface area contributed by atoms with Crippen LogP contribution in [-0.4, -0.2) is 29.3 Å². The first kappa shape index (κ1) is 15.2. The molecule has 3 N–H and O–H groups in total. The first-order valence-corrected chi connectivity index (χ1v) is 6.93. The smallest absolute Gasteiger partial charge is 0.335 e. The molecule has 2 rings (SSSR count). The van der Waals surface area contributed by atoms with Crippen molar-refractivity contribution in [3.63, 3.8) is 0 Å². The van der Waals surface area contributed by atoms with Crippen LogP contribution in [0.1, 0.15) is 27.6 Å². The number of aliphatic hydroxyl groups excluding tert-OH is 1. The summed E-state index contributed by atoms with van der Waals surface area (Å²) in [6.45, 7) is 1.23. The lowest BCUT2D eigenvalue weighted by molar-refractivity contribution is 0.0697. The summed E-state index contributed by atoms with van der Waals surface area (Å²) in [4.78, 5) is 10.7. The summed E-state index contributed by atoms with van der Waals surface area (Å²) in [5.74, 6) is -0.911. The van der Waals surface area contributed by atoms with E-state index < -0.39 is 12.1 Å². The fourth-order valence-electron chi connectivity index (χ4n) is 2.08. The van der Waals surface area contributed by atoms with Gasteiger partial charge in [0.15, 0.2) is 0 Å². The van der Waals surface area contributed by atoms with Crippen LogP contribution in [0, 0.1) is 0 Å². The monoisotopic (exact) mass is 285 g/mol. The Bertz CT molecular complexity index is 566. The minimum Gasteiger partial charge on any atom is -0.478 e. The van der Waals surface area contributed by atoms with Crippen molar-refractivity contribution in [3.8, 4) is 0 Å². The van der Waals surface area contributed by atoms with Gasteiger partial charge in [0.25, 0.3) is 0 Å². The number of carbonyl (C=O) groups is 1. The molecule has 0 saturated carbocycles. The zero-order valence-corrected chi connectivity index (χ0v) is 11.7. The van der Waals surface area contributed by atoms with E-state index in [1.807, 2.05) is 42.5 Å². The molecule has 21 heavy (non-hydrogen) atoms. The van der Waals surface area contributed by atoms with Crippen LogP contribution in [0.4, 0.5) is 0 Å². The second-order valence-corrected chi connectivity index (χ2v) is 4.88. The molecule has 0 radical (unpaired) electrons. The Kier molecular flexibility index (Phi) is 5.49. The van der Waals surface area contributed by atoms with Crippen LogP contribution >= 0.6 is 0 Å². The van der Waals surface area contributed by atoms with E-state index in [2.05, 4.69) is 5.32 Å². The van der Waals surface area contributed by atoms with Crippen molar-refractivity contribution in [2.45, 2.75) is 12.5 Å². The Morgan fingerprint density at radius 3 is 2.33 bits per heavy atom. The van der Waals surface area contributed by atoms with Crippen molar-refractivity contribution < 1.29 is 15.0 Å². The Morgan fingerprint density at radius 1 is 1.05 bits per heavy atom. The van der Waals surface area contributed by atoms with Gasteiger partial charge < -0.3 is 15.5 Å². The van der Waals surface area contributed by atoms with Crippen LogP contribution in [0.5, 0.6) is 0 Å². The van der Waals surface area contributed by atoms with Gasteiger partial charge in [0, 0.05) is 6.54 Å². The third kappa shape index (κ3) is 4.70. The van der Waals surface area contributed by atoms with Crippen LogP contribution in [-0.2, 0) is 6.42 Å². The molecule has 0 fully saturated rings. The first-order valence-electron chi connectivity index (χ1n) is 6.93. The molecule has 0 heterocycles. The maximum Gasteiger partial charge on any atom is 0.335 e. The van der Waals surface area contributed by atoms with Gasteiger partial charge in [-0.3, -0.25) is 0 Å². The lowest BCUT2D eigenvalue weighted by atomic mass is 10.1. The highest BCUT2D eigenvalue weighted by molar-refractivity contribution is 5.87. The number of hydrogen-bond acceptors (Lipinski definition) is 3. The summed E-state index contributed by atoms with van der Waals surface area (Å²) >= 11 is 0. The maximum absolute atomic E-state index is 10.7. The molecule has 0 spiro atoms. The number of aromatic carboxylic acids is 1. The van der Waals surface area contributed by atoms with Gasteiger partial charge in [-0.25, -0.2) is 4.79 Å². The van der Waals surface area contributed by atoms with Crippen molar-refractivity contribution in [1.29, 1.82) is 0 Å². The highest BCUT2D eigenvalue weighted by Gasteiger charge is 2.06. The Labute approximate surface area is 124 Å². The quantitative estimate of drug-likeness (QED) is 0.682. The average Bonchev–Trinajstić information content (AvgIpc) is 2.52. The molecular weight excluding hydrogens is 266 g/mol. The molecule has 1 atom stereocenters. The lowest BCUT2D eigenvalue weighted by Crippen LogP contribution is -2.23. The molecule has 0 bridgehead atoms. The highest BCUT2D eigenvalue weighted by Crippen LogP contribution is 2.10. The second-order valence-electron chi connectivity index (χ2n) is 4.88. The van der Waals surface area contributed by atoms with E-state index >= 15 is 0 Å². The van der Waals surface area contributed by atoms with E-state index in [4.69, 9.17) is 5.11 Å². The summed E-state index contributed by atoms with van der Waals surface area (Å²) in [7, 11) is 0. The number of aliphatic hydroxyl groups is 1. The topological polar surface area (TPSA) is 69.6 Å². The molecule has 4 heteroatoms. The van der Waals surface area contributed by atoms with Gasteiger partial charge in [0.1, 0.15) is 0 Å². The van der Waals surface area contributed by atoms with Crippen molar-refractivity contribution in [2.24, 2.45) is 0 Å². The fourth-order valence-corrected chi connectivity index (χ4v) is 2.08. The van der Waals surface area contributed by atoms with Gasteiger partial charge in [-0.2, -0.15) is 0 Å². The van der Waals surface area contributed by atoms with Crippen molar-refractivity contribution in [2.75, 3.05) is 13.1 Å². The summed E-state index contributed by atoms with van der Waals surface area (Å²) in [5, 5.41) is 22.0. The van der Waals surface area contributed by atoms with E-state index in [9.17, 15) is 9.90 Å². The molecule has 0 aromatic heterocycles. The molecule has 4 nitrogen and oxygen atoms in total. The molecule has 0 aliphatic carbocycles. The Morgan fingerprint density at radius 2 is 1.71 bits per heavy atom. The summed E-state index contributed by atoms with van der Waals surface area (Å²) in [6.07, 6.45) is 0.280. The Hall–Kier alpha value is -2.17. The number of benzene rings is 2. The van der Waals surface area contributed by atoms with E-state index in [1.165, 1.54) is 0 Å². The van der Waals surface area contributed by atoms with Gasteiger partial charge in [-0.05, 0) is 36.2 Å². The van der Waals surface area contributed by atoms with Crippen LogP contribution in [0.2, 0.25) is 0 Å². The second kappa shape index (κ2) is 7.57. The molecule has 0 amide bonds. The van der Waals surface area contributed by atoms with Crippen molar-refractivity contribution in [3.05, 3.63) is 71.3 Å². The standard InChI is InChI=1S/C17H19NO3/c19-16(14-4-2-1-3-5-14)12-18-11-10-13-6-8-15(9-7-13)17(20)21/h1-9,16,18-19H,10-12H2,(H,20,21). The molecule has 0 aliphatic heterocycles. The van der Waals surface area contributed by atoms with Crippen molar-refractivity contribution in [1.82, 2.24) is 5.32 Å². The van der Waals surface area contributed by atoms with E-state index in [0.717, 1.165) is 24.1 Å². The number of hydrogen-bond donors (Lipinski definition) is 3. The number of carboxylic acids is 1. The van der Waals surface area contributed by atoms with Crippen LogP contribution in [0.3, 0.4) is 0 Å². The third-order valence-corrected chi connectivity index (χ3v) is 3.31. The third-order valence-electron chi connectivity index (χ3n) is 3.31. The van der Waals surface area contributed by atoms with Crippen LogP contribution in [0.25, 0.3) is 0 Å². The summed E-state index contributed by atoms with van der Waals surface area (Å²) in [6, 6.07) is 16.4. The van der Waals surface area contributed by atoms with Gasteiger partial charge in [-0.1, -0.05) is 42.5 Å². The largest absolute Gasteiger partial charge is 0.478 e. The van der Waals surface area contributed by atoms with Gasteiger partial charge in [0.2, 0.25) is 0 Å². The summed E-state index contributed by atoms with van der Waals surface area (Å²) in [5.41, 5.74) is 2.27. The number of rotatable bonds is 7. The molecule has 1 unspecified atom stereocenters. The molecule has 2 aromatic rings. The normalized spacial score (nSPS) is 12.0. The predicted octanol–water partition coefficient (Wildman–Crippen LogP) is 2.25. The van der Waals surface area contributed by atoms with Crippen LogP contribution in [0.15, 0.2) is 54.6 Å². The molecule has 0 saturated heterocycles. The maximum atomic E-state index is 10.7. The minimum atomic E-state index is -0.911. The van der Waals surface area contributed by atoms with Gasteiger partial charge in [0.05, 0.1) is 11.7 Å². The highest BCUT2D eigenvalue weighted by atomic mass is 16.4. The zero-order valence-electron chi connectivity index (χ0n) is 11.7. The predicted molar refractivity (Wildman–Crippen MR) is 81.4 cm³/mol. The number of nitrogens with one attached hydrogen (secondary N) is 1. The molecular formula is C17H19NO3. The van der Waals surface area contributed by atoms with E-state index in [0.29, 0.717) is 12.1 Å². The lowest BCUT2D eigenvalue weighted by Gasteiger charge is -2.12. The molecule has 2 aromatic carbocycles. The average molecular weight is 285 g/mol. The Balaban J connectivity index is 1.73. The number of carboxylic acid groups (broad SMARTS) is 1. The fraction of sp³-hybridized carbons (Fsp3) is 0.235. The van der Waals surface area contributed by atoms with Crippen LogP contribution < -0.4 is 5.32 Å². The van der Waals surface area contributed by atoms with E-state index in [1.54, 1.807) is 12.1 Å². The SMILES string of the molecule is O=C(O)c1ccc(CCNCC(O)c2ccccc2)cc1. The zero-order chi connectivity index (χ0) is 15.1. The van der Waals surface area contributed by atoms with E-state index in [-0.39, 0.29) is 0 Å². The minimum absolute atomic E-state index is 0.297. The van der Waals surface area contributed by atoms with Crippen molar-refractivity contribution >= 4 is 5.97 Å². The van der Waals surface area contributed by atoms with Gasteiger partial charge in [-0.15, -0.1) is 0 Å². The van der Waals surface area contributed by atoms with Gasteiger partial charge >= 0.3 is 5.97 Å². The molecule has 0 aliphatic rings. The molecule has 110 valence electrons. The first-order chi connectivity index (χ1) is 10.2. The summed E-state index contributed by atoms with van der Waals surface area (Å²) < 4.78 is 0.